The zero-order valence-electron chi connectivity index (χ0n) is 11.8. The van der Waals surface area contributed by atoms with Crippen LogP contribution in [0.4, 0.5) is 0 Å². The molecule has 0 amide bonds. The number of hydrogen-bond donors (Lipinski definition) is 0. The highest BCUT2D eigenvalue weighted by Gasteiger charge is 2.29. The van der Waals surface area contributed by atoms with E-state index in [0.717, 1.165) is 0 Å². The normalized spacial score (nSPS) is 20.6. The van der Waals surface area contributed by atoms with Gasteiger partial charge in [-0.25, -0.2) is 8.42 Å². The molecule has 0 unspecified atom stereocenters. The van der Waals surface area contributed by atoms with E-state index in [0.29, 0.717) is 31.2 Å². The van der Waals surface area contributed by atoms with Gasteiger partial charge in [0.05, 0.1) is 31.8 Å². The topological polar surface area (TPSA) is 65.1 Å². The SMILES string of the molecule is COc1ccc(S(=O)(=O)N2CCO[C@@H](C)C2)cc1OC. The Morgan fingerprint density at radius 2 is 1.95 bits per heavy atom. The average molecular weight is 301 g/mol. The summed E-state index contributed by atoms with van der Waals surface area (Å²) in [6.07, 6.45) is -0.0985. The molecule has 0 saturated carbocycles. The standard InChI is InChI=1S/C13H19NO5S/c1-10-9-14(6-7-19-10)20(15,16)11-4-5-12(17-2)13(8-11)18-3/h4-5,8,10H,6-7,9H2,1-3H3/t10-/m0/s1. The first-order valence-electron chi connectivity index (χ1n) is 6.33. The van der Waals surface area contributed by atoms with Crippen LogP contribution in [0.25, 0.3) is 0 Å². The second kappa shape index (κ2) is 5.99. The van der Waals surface area contributed by atoms with Gasteiger partial charge in [0.25, 0.3) is 0 Å². The molecule has 2 rings (SSSR count). The van der Waals surface area contributed by atoms with Crippen molar-refractivity contribution in [3.05, 3.63) is 18.2 Å². The number of hydrogen-bond acceptors (Lipinski definition) is 5. The maximum absolute atomic E-state index is 12.6. The minimum Gasteiger partial charge on any atom is -0.493 e. The molecule has 0 spiro atoms. The summed E-state index contributed by atoms with van der Waals surface area (Å²) in [5.41, 5.74) is 0. The van der Waals surface area contributed by atoms with Crippen LogP contribution in [0.15, 0.2) is 23.1 Å². The number of methoxy groups -OCH3 is 2. The van der Waals surface area contributed by atoms with Crippen molar-refractivity contribution in [2.45, 2.75) is 17.9 Å². The van der Waals surface area contributed by atoms with Gasteiger partial charge >= 0.3 is 0 Å². The summed E-state index contributed by atoms with van der Waals surface area (Å²) in [6.45, 7) is 2.99. The van der Waals surface area contributed by atoms with E-state index in [2.05, 4.69) is 0 Å². The minimum absolute atomic E-state index is 0.0985. The van der Waals surface area contributed by atoms with E-state index in [-0.39, 0.29) is 11.0 Å². The smallest absolute Gasteiger partial charge is 0.243 e. The highest BCUT2D eigenvalue weighted by atomic mass is 32.2. The summed E-state index contributed by atoms with van der Waals surface area (Å²) in [7, 11) is -0.548. The molecule has 1 atom stereocenters. The van der Waals surface area contributed by atoms with Gasteiger partial charge in [0.15, 0.2) is 11.5 Å². The van der Waals surface area contributed by atoms with Crippen LogP contribution in [0, 0.1) is 0 Å². The van der Waals surface area contributed by atoms with Gasteiger partial charge in [-0.05, 0) is 19.1 Å². The van der Waals surface area contributed by atoms with Gasteiger partial charge in [-0.2, -0.15) is 4.31 Å². The van der Waals surface area contributed by atoms with Crippen LogP contribution in [0.5, 0.6) is 11.5 Å². The molecule has 1 saturated heterocycles. The maximum atomic E-state index is 12.6. The zero-order chi connectivity index (χ0) is 14.8. The molecule has 0 aromatic heterocycles. The molecule has 1 aromatic carbocycles. The molecule has 1 heterocycles. The van der Waals surface area contributed by atoms with E-state index in [4.69, 9.17) is 14.2 Å². The zero-order valence-corrected chi connectivity index (χ0v) is 12.6. The molecular weight excluding hydrogens is 282 g/mol. The van der Waals surface area contributed by atoms with Crippen LogP contribution in [0.2, 0.25) is 0 Å². The highest BCUT2D eigenvalue weighted by molar-refractivity contribution is 7.89. The second-order valence-electron chi connectivity index (χ2n) is 4.56. The van der Waals surface area contributed by atoms with Gasteiger partial charge < -0.3 is 14.2 Å². The van der Waals surface area contributed by atoms with Gasteiger partial charge in [0.2, 0.25) is 10.0 Å². The molecule has 1 aromatic rings. The molecule has 112 valence electrons. The summed E-state index contributed by atoms with van der Waals surface area (Å²) in [4.78, 5) is 0.198. The Morgan fingerprint density at radius 3 is 2.55 bits per heavy atom. The van der Waals surface area contributed by atoms with Crippen LogP contribution in [0.1, 0.15) is 6.92 Å². The molecule has 0 N–H and O–H groups in total. The lowest BCUT2D eigenvalue weighted by Crippen LogP contribution is -2.44. The highest BCUT2D eigenvalue weighted by Crippen LogP contribution is 2.31. The van der Waals surface area contributed by atoms with Crippen molar-refractivity contribution in [1.82, 2.24) is 4.31 Å². The largest absolute Gasteiger partial charge is 0.493 e. The fourth-order valence-electron chi connectivity index (χ4n) is 2.13. The summed E-state index contributed by atoms with van der Waals surface area (Å²) in [6, 6.07) is 4.60. The van der Waals surface area contributed by atoms with Gasteiger partial charge in [-0.3, -0.25) is 0 Å². The molecular formula is C13H19NO5S. The molecule has 7 heteroatoms. The molecule has 0 bridgehead atoms. The van der Waals surface area contributed by atoms with E-state index < -0.39 is 10.0 Å². The van der Waals surface area contributed by atoms with Crippen molar-refractivity contribution in [3.8, 4) is 11.5 Å². The number of sulfonamides is 1. The fourth-order valence-corrected chi connectivity index (χ4v) is 3.65. The first-order valence-corrected chi connectivity index (χ1v) is 7.77. The maximum Gasteiger partial charge on any atom is 0.243 e. The number of benzene rings is 1. The second-order valence-corrected chi connectivity index (χ2v) is 6.50. The van der Waals surface area contributed by atoms with Crippen LogP contribution in [-0.4, -0.2) is 52.7 Å². The number of ether oxygens (including phenoxy) is 3. The van der Waals surface area contributed by atoms with Crippen LogP contribution in [-0.2, 0) is 14.8 Å². The number of morpholine rings is 1. The number of rotatable bonds is 4. The molecule has 0 aliphatic carbocycles. The first kappa shape index (κ1) is 15.1. The molecule has 1 fully saturated rings. The molecule has 1 aliphatic heterocycles. The predicted octanol–water partition coefficient (Wildman–Crippen LogP) is 1.11. The first-order chi connectivity index (χ1) is 9.48. The van der Waals surface area contributed by atoms with E-state index in [1.54, 1.807) is 6.07 Å². The van der Waals surface area contributed by atoms with Gasteiger partial charge in [-0.1, -0.05) is 0 Å². The summed E-state index contributed by atoms with van der Waals surface area (Å²) in [5.74, 6) is 0.900. The Morgan fingerprint density at radius 1 is 1.25 bits per heavy atom. The number of nitrogens with zero attached hydrogens (tertiary/aromatic N) is 1. The third-order valence-corrected chi connectivity index (χ3v) is 5.06. The van der Waals surface area contributed by atoms with E-state index in [9.17, 15) is 8.42 Å². The van der Waals surface area contributed by atoms with E-state index in [1.165, 1.54) is 30.7 Å². The predicted molar refractivity (Wildman–Crippen MR) is 73.7 cm³/mol. The fraction of sp³-hybridized carbons (Fsp3) is 0.538. The van der Waals surface area contributed by atoms with Crippen molar-refractivity contribution < 1.29 is 22.6 Å². The van der Waals surface area contributed by atoms with Crippen LogP contribution >= 0.6 is 0 Å². The average Bonchev–Trinajstić information content (AvgIpc) is 2.46. The van der Waals surface area contributed by atoms with Gasteiger partial charge in [0, 0.05) is 19.2 Å². The Kier molecular flexibility index (Phi) is 4.52. The Labute approximate surface area is 119 Å². The Bertz CT molecular complexity index is 572. The van der Waals surface area contributed by atoms with Crippen LogP contribution in [0.3, 0.4) is 0 Å². The molecule has 0 radical (unpaired) electrons. The van der Waals surface area contributed by atoms with Crippen molar-refractivity contribution >= 4 is 10.0 Å². The van der Waals surface area contributed by atoms with Crippen LogP contribution < -0.4 is 9.47 Å². The Hall–Kier alpha value is -1.31. The molecule has 6 nitrogen and oxygen atoms in total. The lowest BCUT2D eigenvalue weighted by atomic mass is 10.3. The lowest BCUT2D eigenvalue weighted by Gasteiger charge is -2.30. The summed E-state index contributed by atoms with van der Waals surface area (Å²) < 4.78 is 42.2. The van der Waals surface area contributed by atoms with Crippen molar-refractivity contribution in [3.63, 3.8) is 0 Å². The van der Waals surface area contributed by atoms with E-state index >= 15 is 0 Å². The summed E-state index contributed by atoms with van der Waals surface area (Å²) in [5, 5.41) is 0. The monoisotopic (exact) mass is 301 g/mol. The van der Waals surface area contributed by atoms with Crippen molar-refractivity contribution in [2.75, 3.05) is 33.9 Å². The van der Waals surface area contributed by atoms with Gasteiger partial charge in [0.1, 0.15) is 0 Å². The summed E-state index contributed by atoms with van der Waals surface area (Å²) >= 11 is 0. The van der Waals surface area contributed by atoms with E-state index in [1.807, 2.05) is 6.92 Å². The minimum atomic E-state index is -3.53. The lowest BCUT2D eigenvalue weighted by molar-refractivity contribution is 0.0102. The van der Waals surface area contributed by atoms with Crippen molar-refractivity contribution in [1.29, 1.82) is 0 Å². The quantitative estimate of drug-likeness (QED) is 0.833. The molecule has 1 aliphatic rings. The third kappa shape index (κ3) is 2.89. The molecule has 20 heavy (non-hydrogen) atoms. The van der Waals surface area contributed by atoms with Gasteiger partial charge in [-0.15, -0.1) is 0 Å². The van der Waals surface area contributed by atoms with Crippen molar-refractivity contribution in [2.24, 2.45) is 0 Å². The Balaban J connectivity index is 2.34. The third-order valence-electron chi connectivity index (χ3n) is 3.20.